The van der Waals surface area contributed by atoms with Crippen molar-refractivity contribution in [2.75, 3.05) is 19.0 Å². The molecule has 0 aromatic carbocycles. The van der Waals surface area contributed by atoms with Crippen LogP contribution in [0.25, 0.3) is 0 Å². The fourth-order valence-corrected chi connectivity index (χ4v) is 1.85. The van der Waals surface area contributed by atoms with Crippen LogP contribution in [0, 0.1) is 0 Å². The minimum absolute atomic E-state index is 0.321. The van der Waals surface area contributed by atoms with Gasteiger partial charge in [0.1, 0.15) is 6.72 Å². The van der Waals surface area contributed by atoms with E-state index >= 15 is 0 Å². The SMILES string of the molecule is CCOP([O-])(=S)OCCCS. The molecule has 0 N–H and O–H groups in total. The Labute approximate surface area is 77.8 Å². The lowest BCUT2D eigenvalue weighted by atomic mass is 10.5. The van der Waals surface area contributed by atoms with Crippen molar-refractivity contribution >= 4 is 31.2 Å². The van der Waals surface area contributed by atoms with Crippen LogP contribution in [0.5, 0.6) is 0 Å². The molecule has 0 spiro atoms. The molecule has 1 unspecified atom stereocenters. The molecule has 68 valence electrons. The maximum Gasteiger partial charge on any atom is 0.115 e. The highest BCUT2D eigenvalue weighted by Crippen LogP contribution is 2.38. The molecular formula is C5H12O3PS2-. The van der Waals surface area contributed by atoms with Crippen LogP contribution in [0.1, 0.15) is 13.3 Å². The topological polar surface area (TPSA) is 41.5 Å². The summed E-state index contributed by atoms with van der Waals surface area (Å²) in [6.45, 7) is -0.777. The van der Waals surface area contributed by atoms with E-state index in [1.165, 1.54) is 0 Å². The van der Waals surface area contributed by atoms with Gasteiger partial charge in [-0.3, -0.25) is 0 Å². The highest BCUT2D eigenvalue weighted by molar-refractivity contribution is 8.06. The van der Waals surface area contributed by atoms with Crippen molar-refractivity contribution in [2.24, 2.45) is 0 Å². The van der Waals surface area contributed by atoms with E-state index in [1.807, 2.05) is 0 Å². The van der Waals surface area contributed by atoms with E-state index in [4.69, 9.17) is 9.05 Å². The zero-order valence-electron chi connectivity index (χ0n) is 6.36. The Morgan fingerprint density at radius 1 is 1.55 bits per heavy atom. The highest BCUT2D eigenvalue weighted by Gasteiger charge is 2.00. The molecule has 0 saturated heterocycles. The minimum Gasteiger partial charge on any atom is -0.780 e. The molecule has 0 rings (SSSR count). The van der Waals surface area contributed by atoms with Crippen LogP contribution in [-0.2, 0) is 20.9 Å². The maximum atomic E-state index is 11.0. The summed E-state index contributed by atoms with van der Waals surface area (Å²) in [7, 11) is 0. The molecule has 0 heterocycles. The van der Waals surface area contributed by atoms with Crippen LogP contribution in [0.15, 0.2) is 0 Å². The van der Waals surface area contributed by atoms with Gasteiger partial charge in [0.15, 0.2) is 0 Å². The Kier molecular flexibility index (Phi) is 6.91. The summed E-state index contributed by atoms with van der Waals surface area (Å²) in [6, 6.07) is 0. The van der Waals surface area contributed by atoms with Gasteiger partial charge in [-0.15, -0.1) is 0 Å². The van der Waals surface area contributed by atoms with Gasteiger partial charge in [0.25, 0.3) is 0 Å². The molecule has 0 bridgehead atoms. The third-order valence-electron chi connectivity index (χ3n) is 0.839. The molecule has 3 nitrogen and oxygen atoms in total. The first kappa shape index (κ1) is 11.9. The van der Waals surface area contributed by atoms with Gasteiger partial charge in [-0.05, 0) is 19.1 Å². The number of thiol groups is 1. The Morgan fingerprint density at radius 2 is 2.18 bits per heavy atom. The van der Waals surface area contributed by atoms with Gasteiger partial charge < -0.3 is 13.9 Å². The first-order valence-corrected chi connectivity index (χ1v) is 6.52. The molecule has 0 saturated carbocycles. The summed E-state index contributed by atoms with van der Waals surface area (Å²) in [5, 5.41) is 0. The van der Waals surface area contributed by atoms with Gasteiger partial charge >= 0.3 is 0 Å². The van der Waals surface area contributed by atoms with Gasteiger partial charge in [-0.2, -0.15) is 12.6 Å². The van der Waals surface area contributed by atoms with Crippen LogP contribution in [0.3, 0.4) is 0 Å². The molecule has 0 aliphatic heterocycles. The lowest BCUT2D eigenvalue weighted by molar-refractivity contribution is -0.206. The van der Waals surface area contributed by atoms with E-state index in [-0.39, 0.29) is 0 Å². The fraction of sp³-hybridized carbons (Fsp3) is 1.00. The molecule has 0 amide bonds. The highest BCUT2D eigenvalue weighted by atomic mass is 32.5. The van der Waals surface area contributed by atoms with Crippen molar-refractivity contribution in [3.05, 3.63) is 0 Å². The fourth-order valence-electron chi connectivity index (χ4n) is 0.436. The van der Waals surface area contributed by atoms with Crippen molar-refractivity contribution in [1.29, 1.82) is 0 Å². The first-order chi connectivity index (χ1) is 5.12. The molecule has 0 aromatic heterocycles. The zero-order valence-corrected chi connectivity index (χ0v) is 8.96. The second-order valence-corrected chi connectivity index (χ2v) is 4.98. The van der Waals surface area contributed by atoms with Crippen LogP contribution >= 0.6 is 19.3 Å². The van der Waals surface area contributed by atoms with E-state index in [0.717, 1.165) is 6.42 Å². The molecule has 1 atom stereocenters. The molecule has 6 heteroatoms. The monoisotopic (exact) mass is 215 g/mol. The second-order valence-electron chi connectivity index (χ2n) is 1.78. The lowest BCUT2D eigenvalue weighted by Gasteiger charge is -2.26. The van der Waals surface area contributed by atoms with Gasteiger partial charge in [0.2, 0.25) is 0 Å². The Hall–Kier alpha value is 0.880. The van der Waals surface area contributed by atoms with Crippen molar-refractivity contribution in [3.8, 4) is 0 Å². The van der Waals surface area contributed by atoms with Crippen molar-refractivity contribution in [2.45, 2.75) is 13.3 Å². The third kappa shape index (κ3) is 7.25. The van der Waals surface area contributed by atoms with E-state index in [9.17, 15) is 4.89 Å². The summed E-state index contributed by atoms with van der Waals surface area (Å²) < 4.78 is 9.51. The summed E-state index contributed by atoms with van der Waals surface area (Å²) in [5.74, 6) is 0.696. The van der Waals surface area contributed by atoms with Crippen LogP contribution in [-0.4, -0.2) is 19.0 Å². The van der Waals surface area contributed by atoms with Crippen molar-refractivity contribution in [3.63, 3.8) is 0 Å². The van der Waals surface area contributed by atoms with E-state index in [2.05, 4.69) is 24.4 Å². The quantitative estimate of drug-likeness (QED) is 0.407. The smallest absolute Gasteiger partial charge is 0.115 e. The molecule has 0 fully saturated rings. The summed E-state index contributed by atoms with van der Waals surface area (Å²) in [5.41, 5.74) is 0. The molecule has 0 radical (unpaired) electrons. The number of hydrogen-bond donors (Lipinski definition) is 1. The van der Waals surface area contributed by atoms with Crippen LogP contribution in [0.4, 0.5) is 0 Å². The Bertz CT molecular complexity index is 142. The summed E-state index contributed by atoms with van der Waals surface area (Å²) in [6.07, 6.45) is 0.733. The number of hydrogen-bond acceptors (Lipinski definition) is 5. The molecule has 0 aliphatic rings. The predicted molar refractivity (Wildman–Crippen MR) is 50.3 cm³/mol. The van der Waals surface area contributed by atoms with Gasteiger partial charge in [-0.25, -0.2) is 0 Å². The Balaban J connectivity index is 3.47. The standard InChI is InChI=1S/C5H13O3PS2/c1-2-7-9(6,11)8-4-3-5-10/h10H,2-5H2,1H3,(H,6,11)/p-1. The molecule has 0 aliphatic carbocycles. The lowest BCUT2D eigenvalue weighted by Crippen LogP contribution is -2.08. The summed E-state index contributed by atoms with van der Waals surface area (Å²) >= 11 is 8.50. The number of rotatable bonds is 6. The van der Waals surface area contributed by atoms with Crippen molar-refractivity contribution in [1.82, 2.24) is 0 Å². The van der Waals surface area contributed by atoms with E-state index in [0.29, 0.717) is 19.0 Å². The molecule has 0 aromatic rings. The first-order valence-electron chi connectivity index (χ1n) is 3.33. The van der Waals surface area contributed by atoms with E-state index < -0.39 is 6.72 Å². The van der Waals surface area contributed by atoms with Crippen LogP contribution < -0.4 is 4.89 Å². The molecular weight excluding hydrogens is 203 g/mol. The normalized spacial score (nSPS) is 16.3. The van der Waals surface area contributed by atoms with Gasteiger partial charge in [0.05, 0.1) is 13.2 Å². The Morgan fingerprint density at radius 3 is 2.64 bits per heavy atom. The van der Waals surface area contributed by atoms with Crippen LogP contribution in [0.2, 0.25) is 0 Å². The van der Waals surface area contributed by atoms with Crippen molar-refractivity contribution < 1.29 is 13.9 Å². The van der Waals surface area contributed by atoms with Gasteiger partial charge in [-0.1, -0.05) is 11.8 Å². The maximum absolute atomic E-state index is 11.0. The molecule has 11 heavy (non-hydrogen) atoms. The summed E-state index contributed by atoms with van der Waals surface area (Å²) in [4.78, 5) is 11.0. The third-order valence-corrected chi connectivity index (χ3v) is 2.86. The largest absolute Gasteiger partial charge is 0.780 e. The van der Waals surface area contributed by atoms with E-state index in [1.54, 1.807) is 6.92 Å². The second kappa shape index (κ2) is 6.40. The predicted octanol–water partition coefficient (Wildman–Crippen LogP) is 0.944. The average Bonchev–Trinajstić information content (AvgIpc) is 1.87. The minimum atomic E-state index is -3.17. The zero-order chi connectivity index (χ0) is 8.74. The van der Waals surface area contributed by atoms with Gasteiger partial charge in [0, 0.05) is 0 Å². The average molecular weight is 215 g/mol.